The molecule has 180 valence electrons. The first kappa shape index (κ1) is 22.6. The summed E-state index contributed by atoms with van der Waals surface area (Å²) in [6.45, 7) is 2.98. The number of halogens is 3. The quantitative estimate of drug-likeness (QED) is 0.572. The molecule has 2 N–H and O–H groups in total. The fourth-order valence-electron chi connectivity index (χ4n) is 4.27. The van der Waals surface area contributed by atoms with Crippen LogP contribution in [-0.2, 0) is 6.18 Å². The first-order chi connectivity index (χ1) is 16.7. The largest absolute Gasteiger partial charge is 0.417 e. The van der Waals surface area contributed by atoms with Gasteiger partial charge in [0.05, 0.1) is 28.1 Å². The Hall–Kier alpha value is -4.15. The second kappa shape index (κ2) is 8.57. The van der Waals surface area contributed by atoms with Crippen LogP contribution >= 0.6 is 0 Å². The molecule has 3 heterocycles. The van der Waals surface area contributed by atoms with E-state index in [1.807, 2.05) is 30.0 Å². The molecular weight excluding hydrogens is 461 g/mol. The molecule has 2 aromatic carbocycles. The Kier molecular flexibility index (Phi) is 5.54. The molecule has 35 heavy (non-hydrogen) atoms. The Morgan fingerprint density at radius 1 is 0.971 bits per heavy atom. The summed E-state index contributed by atoms with van der Waals surface area (Å²) in [6, 6.07) is 12.0. The van der Waals surface area contributed by atoms with Crippen molar-refractivity contribution in [2.24, 2.45) is 0 Å². The first-order valence-electron chi connectivity index (χ1n) is 11.0. The number of anilines is 4. The molecule has 0 saturated carbocycles. The summed E-state index contributed by atoms with van der Waals surface area (Å²) in [5.74, 6) is -0.212. The molecule has 2 aliphatic heterocycles. The number of hydrogen-bond acceptors (Lipinski definition) is 6. The number of piperazine rings is 1. The zero-order valence-electron chi connectivity index (χ0n) is 18.7. The zero-order valence-corrected chi connectivity index (χ0v) is 18.7. The predicted octanol–water partition coefficient (Wildman–Crippen LogP) is 4.08. The van der Waals surface area contributed by atoms with Gasteiger partial charge < -0.3 is 20.4 Å². The Morgan fingerprint density at radius 3 is 2.46 bits per heavy atom. The molecule has 0 bridgehead atoms. The van der Waals surface area contributed by atoms with Gasteiger partial charge in [-0.05, 0) is 36.8 Å². The van der Waals surface area contributed by atoms with Crippen LogP contribution in [-0.4, -0.2) is 53.1 Å². The third-order valence-corrected chi connectivity index (χ3v) is 6.14. The molecule has 1 saturated heterocycles. The van der Waals surface area contributed by atoms with E-state index < -0.39 is 17.6 Å². The van der Waals surface area contributed by atoms with Crippen molar-refractivity contribution < 1.29 is 22.8 Å². The fraction of sp³-hybridized carbons (Fsp3) is 0.250. The van der Waals surface area contributed by atoms with Crippen molar-refractivity contribution in [3.63, 3.8) is 0 Å². The molecule has 0 radical (unpaired) electrons. The summed E-state index contributed by atoms with van der Waals surface area (Å²) in [7, 11) is 0. The minimum absolute atomic E-state index is 0.207. The molecule has 1 aromatic heterocycles. The van der Waals surface area contributed by atoms with Gasteiger partial charge >= 0.3 is 6.18 Å². The normalized spacial score (nSPS) is 15.5. The lowest BCUT2D eigenvalue weighted by Gasteiger charge is -2.35. The van der Waals surface area contributed by atoms with Crippen LogP contribution in [0, 0.1) is 6.92 Å². The number of benzene rings is 2. The van der Waals surface area contributed by atoms with Crippen molar-refractivity contribution in [1.29, 1.82) is 0 Å². The maximum atomic E-state index is 13.3. The number of carbonyl (C=O) groups is 2. The maximum absolute atomic E-state index is 13.3. The van der Waals surface area contributed by atoms with Gasteiger partial charge in [-0.1, -0.05) is 24.3 Å². The lowest BCUT2D eigenvalue weighted by atomic mass is 10.1. The highest BCUT2D eigenvalue weighted by Crippen LogP contribution is 2.34. The van der Waals surface area contributed by atoms with Crippen LogP contribution in [0.15, 0.2) is 48.5 Å². The number of nitrogens with one attached hydrogen (secondary N) is 2. The van der Waals surface area contributed by atoms with Crippen LogP contribution in [0.2, 0.25) is 0 Å². The third kappa shape index (κ3) is 4.25. The van der Waals surface area contributed by atoms with Gasteiger partial charge in [0, 0.05) is 26.2 Å². The van der Waals surface area contributed by atoms with Gasteiger partial charge in [-0.25, -0.2) is 0 Å². The molecule has 2 aliphatic rings. The Balaban J connectivity index is 1.32. The van der Waals surface area contributed by atoms with Gasteiger partial charge in [0.25, 0.3) is 11.8 Å². The Morgan fingerprint density at radius 2 is 1.71 bits per heavy atom. The summed E-state index contributed by atoms with van der Waals surface area (Å²) in [4.78, 5) is 29.0. The number of alkyl halides is 3. The average molecular weight is 482 g/mol. The number of hydrogen-bond donors (Lipinski definition) is 2. The van der Waals surface area contributed by atoms with Crippen LogP contribution in [0.4, 0.5) is 36.2 Å². The highest BCUT2D eigenvalue weighted by atomic mass is 19.4. The molecule has 0 atom stereocenters. The van der Waals surface area contributed by atoms with Crippen molar-refractivity contribution in [3.05, 3.63) is 70.8 Å². The standard InChI is InChI=1S/C24H21F3N6O2/c1-14-5-4-8-18-20(14)29-22(34)16-13-19(30-31-21(16)28-18)32-9-11-33(12-10-32)23(35)15-6-2-3-7-17(15)24(25,26)27/h2-8,13H,9-12H2,1H3,(H,28,31)(H,29,34). The van der Waals surface area contributed by atoms with Crippen molar-refractivity contribution >= 4 is 34.8 Å². The molecule has 8 nitrogen and oxygen atoms in total. The minimum atomic E-state index is -4.61. The molecule has 0 unspecified atom stereocenters. The summed E-state index contributed by atoms with van der Waals surface area (Å²) < 4.78 is 40.0. The number of para-hydroxylation sites is 1. The van der Waals surface area contributed by atoms with Gasteiger partial charge in [0.2, 0.25) is 0 Å². The van der Waals surface area contributed by atoms with E-state index >= 15 is 0 Å². The number of nitrogens with zero attached hydrogens (tertiary/aromatic N) is 4. The number of carbonyl (C=O) groups excluding carboxylic acids is 2. The fourth-order valence-corrected chi connectivity index (χ4v) is 4.27. The Labute approximate surface area is 198 Å². The van der Waals surface area contributed by atoms with Crippen LogP contribution < -0.4 is 15.5 Å². The summed E-state index contributed by atoms with van der Waals surface area (Å²) >= 11 is 0. The smallest absolute Gasteiger partial charge is 0.352 e. The first-order valence-corrected chi connectivity index (χ1v) is 11.0. The van der Waals surface area contributed by atoms with Crippen molar-refractivity contribution in [2.75, 3.05) is 41.7 Å². The zero-order chi connectivity index (χ0) is 24.7. The summed E-state index contributed by atoms with van der Waals surface area (Å²) in [5.41, 5.74) is 1.30. The van der Waals surface area contributed by atoms with Crippen LogP contribution in [0.1, 0.15) is 31.8 Å². The molecule has 2 amide bonds. The minimum Gasteiger partial charge on any atom is -0.352 e. The summed E-state index contributed by atoms with van der Waals surface area (Å²) in [5, 5.41) is 14.5. The van der Waals surface area contributed by atoms with E-state index in [2.05, 4.69) is 20.8 Å². The van der Waals surface area contributed by atoms with Gasteiger partial charge in [-0.3, -0.25) is 9.59 Å². The topological polar surface area (TPSA) is 90.5 Å². The monoisotopic (exact) mass is 482 g/mol. The number of fused-ring (bicyclic) bond motifs is 2. The van der Waals surface area contributed by atoms with Gasteiger partial charge in [0.1, 0.15) is 0 Å². The van der Waals surface area contributed by atoms with E-state index in [9.17, 15) is 22.8 Å². The highest BCUT2D eigenvalue weighted by Gasteiger charge is 2.36. The Bertz CT molecular complexity index is 1320. The van der Waals surface area contributed by atoms with Crippen LogP contribution in [0.25, 0.3) is 0 Å². The lowest BCUT2D eigenvalue weighted by Crippen LogP contribution is -2.49. The van der Waals surface area contributed by atoms with Gasteiger partial charge in [0.15, 0.2) is 11.6 Å². The van der Waals surface area contributed by atoms with Crippen LogP contribution in [0.5, 0.6) is 0 Å². The summed E-state index contributed by atoms with van der Waals surface area (Å²) in [6.07, 6.45) is -4.61. The van der Waals surface area contributed by atoms with E-state index in [1.165, 1.54) is 23.1 Å². The number of amides is 2. The molecule has 5 rings (SSSR count). The SMILES string of the molecule is Cc1cccc2c1NC(=O)c1cc(N3CCN(C(=O)c4ccccc4C(F)(F)F)CC3)nnc1N2. The van der Waals surface area contributed by atoms with Crippen molar-refractivity contribution in [3.8, 4) is 0 Å². The van der Waals surface area contributed by atoms with E-state index in [0.717, 1.165) is 11.6 Å². The van der Waals surface area contributed by atoms with E-state index in [4.69, 9.17) is 0 Å². The second-order valence-corrected chi connectivity index (χ2v) is 8.36. The molecule has 0 aliphatic carbocycles. The molecule has 11 heteroatoms. The van der Waals surface area contributed by atoms with Crippen LogP contribution in [0.3, 0.4) is 0 Å². The highest BCUT2D eigenvalue weighted by molar-refractivity contribution is 6.12. The van der Waals surface area contributed by atoms with E-state index in [0.29, 0.717) is 41.7 Å². The number of aryl methyl sites for hydroxylation is 1. The van der Waals surface area contributed by atoms with Gasteiger partial charge in [-0.2, -0.15) is 13.2 Å². The van der Waals surface area contributed by atoms with E-state index in [-0.39, 0.29) is 24.6 Å². The van der Waals surface area contributed by atoms with Crippen molar-refractivity contribution in [2.45, 2.75) is 13.1 Å². The maximum Gasteiger partial charge on any atom is 0.417 e. The molecule has 3 aromatic rings. The third-order valence-electron chi connectivity index (χ3n) is 6.14. The molecule has 1 fully saturated rings. The second-order valence-electron chi connectivity index (χ2n) is 8.36. The molecule has 0 spiro atoms. The number of rotatable bonds is 2. The average Bonchev–Trinajstić information content (AvgIpc) is 2.99. The predicted molar refractivity (Wildman–Crippen MR) is 124 cm³/mol. The van der Waals surface area contributed by atoms with Crippen molar-refractivity contribution in [1.82, 2.24) is 15.1 Å². The van der Waals surface area contributed by atoms with Gasteiger partial charge in [-0.15, -0.1) is 10.2 Å². The number of aromatic nitrogens is 2. The molecular formula is C24H21F3N6O2. The lowest BCUT2D eigenvalue weighted by molar-refractivity contribution is -0.138. The van der Waals surface area contributed by atoms with E-state index in [1.54, 1.807) is 6.07 Å².